The number of rotatable bonds is 3. The lowest BCUT2D eigenvalue weighted by Gasteiger charge is -2.36. The molecule has 0 N–H and O–H groups in total. The van der Waals surface area contributed by atoms with E-state index in [1.165, 1.54) is 77.5 Å². The van der Waals surface area contributed by atoms with Crippen molar-refractivity contribution in [1.82, 2.24) is 0 Å². The first kappa shape index (κ1) is 32.0. The third-order valence-corrected chi connectivity index (χ3v) is 13.6. The van der Waals surface area contributed by atoms with Gasteiger partial charge in [0.15, 0.2) is 5.58 Å². The number of furan rings is 1. The van der Waals surface area contributed by atoms with Crippen LogP contribution in [0.5, 0.6) is 0 Å². The molecule has 1 heterocycles. The molecule has 10 aromatic rings. The van der Waals surface area contributed by atoms with Gasteiger partial charge in [-0.2, -0.15) is 0 Å². The van der Waals surface area contributed by atoms with Gasteiger partial charge >= 0.3 is 0 Å². The molecule has 13 rings (SSSR count). The van der Waals surface area contributed by atoms with Crippen LogP contribution in [-0.4, -0.2) is 0 Å². The van der Waals surface area contributed by atoms with Crippen LogP contribution in [0.25, 0.3) is 66.1 Å². The Morgan fingerprint density at radius 1 is 0.414 bits per heavy atom. The van der Waals surface area contributed by atoms with E-state index in [1.807, 2.05) is 0 Å². The molecule has 1 spiro atoms. The number of benzene rings is 9. The van der Waals surface area contributed by atoms with Gasteiger partial charge in [-0.25, -0.2) is 0 Å². The minimum Gasteiger partial charge on any atom is -0.454 e. The highest BCUT2D eigenvalue weighted by molar-refractivity contribution is 6.23. The largest absolute Gasteiger partial charge is 0.454 e. The Bertz CT molecular complexity index is 3340. The average molecular weight is 740 g/mol. The van der Waals surface area contributed by atoms with E-state index in [0.717, 1.165) is 39.0 Å². The molecule has 0 radical (unpaired) electrons. The van der Waals surface area contributed by atoms with Crippen LogP contribution < -0.4 is 4.90 Å². The van der Waals surface area contributed by atoms with E-state index < -0.39 is 5.41 Å². The van der Waals surface area contributed by atoms with Crippen molar-refractivity contribution in [2.75, 3.05) is 4.90 Å². The Labute approximate surface area is 337 Å². The number of hydrogen-bond acceptors (Lipinski definition) is 2. The number of para-hydroxylation sites is 1. The zero-order chi connectivity index (χ0) is 38.3. The van der Waals surface area contributed by atoms with Gasteiger partial charge in [-0.1, -0.05) is 172 Å². The first-order valence-corrected chi connectivity index (χ1v) is 20.4. The molecular weight excluding hydrogens is 703 g/mol. The molecule has 9 aromatic carbocycles. The molecule has 1 aromatic heterocycles. The third kappa shape index (κ3) is 3.88. The molecule has 0 saturated carbocycles. The average Bonchev–Trinajstić information content (AvgIpc) is 3.97. The van der Waals surface area contributed by atoms with Crippen molar-refractivity contribution in [1.29, 1.82) is 0 Å². The van der Waals surface area contributed by atoms with Gasteiger partial charge in [0.1, 0.15) is 5.58 Å². The highest BCUT2D eigenvalue weighted by atomic mass is 16.3. The van der Waals surface area contributed by atoms with Crippen molar-refractivity contribution in [3.63, 3.8) is 0 Å². The van der Waals surface area contributed by atoms with Crippen LogP contribution in [0.1, 0.15) is 47.2 Å². The maximum absolute atomic E-state index is 7.07. The molecule has 3 aliphatic rings. The van der Waals surface area contributed by atoms with Gasteiger partial charge < -0.3 is 9.32 Å². The normalized spacial score (nSPS) is 14.7. The molecule has 3 aliphatic carbocycles. The second kappa shape index (κ2) is 11.2. The smallest absolute Gasteiger partial charge is 0.160 e. The van der Waals surface area contributed by atoms with Crippen molar-refractivity contribution < 1.29 is 4.42 Å². The van der Waals surface area contributed by atoms with Crippen molar-refractivity contribution in [3.8, 4) is 33.4 Å². The number of fused-ring (bicyclic) bond motifs is 18. The molecule has 0 fully saturated rings. The summed E-state index contributed by atoms with van der Waals surface area (Å²) in [4.78, 5) is 2.53. The summed E-state index contributed by atoms with van der Waals surface area (Å²) in [7, 11) is 0. The minimum atomic E-state index is -0.538. The molecule has 2 nitrogen and oxygen atoms in total. The van der Waals surface area contributed by atoms with Crippen LogP contribution in [0.3, 0.4) is 0 Å². The molecule has 0 unspecified atom stereocenters. The Morgan fingerprint density at radius 2 is 0.948 bits per heavy atom. The topological polar surface area (TPSA) is 16.4 Å². The van der Waals surface area contributed by atoms with Gasteiger partial charge in [-0.15, -0.1) is 0 Å². The standard InChI is InChI=1S/C56H37NO/c1-55(2)44-24-10-5-18-37(44)41-31-30-35(33-48(41)55)57(50-32-34-16-3-4-17-36(34)52-43-22-9-14-29-51(43)58-54(50)52)49-28-15-23-42-40-21-8-13-27-47(40)56(53(42)49)45-25-11-6-19-38(45)39-20-7-12-26-46(39)56/h3-33H,1-2H3. The van der Waals surface area contributed by atoms with Crippen molar-refractivity contribution in [2.24, 2.45) is 0 Å². The van der Waals surface area contributed by atoms with E-state index >= 15 is 0 Å². The lowest BCUT2D eigenvalue weighted by molar-refractivity contribution is 0.660. The maximum Gasteiger partial charge on any atom is 0.160 e. The second-order valence-electron chi connectivity index (χ2n) is 16.7. The summed E-state index contributed by atoms with van der Waals surface area (Å²) in [6, 6.07) is 69.9. The zero-order valence-electron chi connectivity index (χ0n) is 32.3. The monoisotopic (exact) mass is 739 g/mol. The fourth-order valence-corrected chi connectivity index (χ4v) is 11.3. The van der Waals surface area contributed by atoms with Crippen LogP contribution >= 0.6 is 0 Å². The Morgan fingerprint density at radius 3 is 1.66 bits per heavy atom. The lowest BCUT2D eigenvalue weighted by atomic mass is 9.70. The highest BCUT2D eigenvalue weighted by Gasteiger charge is 2.53. The quantitative estimate of drug-likeness (QED) is 0.179. The predicted molar refractivity (Wildman–Crippen MR) is 240 cm³/mol. The number of nitrogens with zero attached hydrogens (tertiary/aromatic N) is 1. The molecule has 0 atom stereocenters. The van der Waals surface area contributed by atoms with Gasteiger partial charge in [-0.3, -0.25) is 0 Å². The molecule has 2 heteroatoms. The van der Waals surface area contributed by atoms with E-state index in [2.05, 4.69) is 207 Å². The summed E-state index contributed by atoms with van der Waals surface area (Å²) in [5.74, 6) is 0. The summed E-state index contributed by atoms with van der Waals surface area (Å²) in [5.41, 5.74) is 20.1. The summed E-state index contributed by atoms with van der Waals surface area (Å²) < 4.78 is 7.07. The molecule has 0 amide bonds. The van der Waals surface area contributed by atoms with E-state index in [1.54, 1.807) is 0 Å². The molecule has 0 aliphatic heterocycles. The SMILES string of the molecule is CC1(C)c2ccccc2-c2ccc(N(c3cccc4c3C3(c5ccccc5-c5ccccc53)c3ccccc3-4)c3cc4ccccc4c4c3oc3ccccc34)cc21. The first-order valence-electron chi connectivity index (χ1n) is 20.4. The molecule has 0 saturated heterocycles. The fourth-order valence-electron chi connectivity index (χ4n) is 11.3. The van der Waals surface area contributed by atoms with Gasteiger partial charge in [0, 0.05) is 27.4 Å². The van der Waals surface area contributed by atoms with Gasteiger partial charge in [0.2, 0.25) is 0 Å². The number of anilines is 3. The van der Waals surface area contributed by atoms with E-state index in [4.69, 9.17) is 4.42 Å². The second-order valence-corrected chi connectivity index (χ2v) is 16.7. The Kier molecular flexibility index (Phi) is 6.20. The van der Waals surface area contributed by atoms with Crippen molar-refractivity contribution >= 4 is 49.8 Å². The minimum absolute atomic E-state index is 0.175. The summed E-state index contributed by atoms with van der Waals surface area (Å²) in [6.07, 6.45) is 0. The van der Waals surface area contributed by atoms with Gasteiger partial charge in [0.05, 0.1) is 16.8 Å². The zero-order valence-corrected chi connectivity index (χ0v) is 32.3. The summed E-state index contributed by atoms with van der Waals surface area (Å²) in [6.45, 7) is 4.75. The summed E-state index contributed by atoms with van der Waals surface area (Å²) in [5, 5.41) is 4.64. The number of hydrogen-bond donors (Lipinski definition) is 0. The van der Waals surface area contributed by atoms with E-state index in [0.29, 0.717) is 0 Å². The van der Waals surface area contributed by atoms with Crippen LogP contribution in [0, 0.1) is 0 Å². The van der Waals surface area contributed by atoms with Gasteiger partial charge in [0.25, 0.3) is 0 Å². The molecule has 0 bridgehead atoms. The fraction of sp³-hybridized carbons (Fsp3) is 0.0714. The Balaban J connectivity index is 1.19. The van der Waals surface area contributed by atoms with Crippen LogP contribution in [0.2, 0.25) is 0 Å². The van der Waals surface area contributed by atoms with Crippen LogP contribution in [-0.2, 0) is 10.8 Å². The highest BCUT2D eigenvalue weighted by Crippen LogP contribution is 2.66. The molecule has 272 valence electrons. The van der Waals surface area contributed by atoms with Crippen LogP contribution in [0.15, 0.2) is 192 Å². The summed E-state index contributed by atoms with van der Waals surface area (Å²) >= 11 is 0. The lowest BCUT2D eigenvalue weighted by Crippen LogP contribution is -2.28. The third-order valence-electron chi connectivity index (χ3n) is 13.6. The van der Waals surface area contributed by atoms with Crippen LogP contribution in [0.4, 0.5) is 17.1 Å². The van der Waals surface area contributed by atoms with E-state index in [-0.39, 0.29) is 5.41 Å². The molecular formula is C56H37NO. The van der Waals surface area contributed by atoms with Crippen molar-refractivity contribution in [3.05, 3.63) is 221 Å². The Hall–Kier alpha value is -7.16. The van der Waals surface area contributed by atoms with Crippen molar-refractivity contribution in [2.45, 2.75) is 24.7 Å². The maximum atomic E-state index is 7.07. The first-order chi connectivity index (χ1) is 28.5. The predicted octanol–water partition coefficient (Wildman–Crippen LogP) is 14.9. The van der Waals surface area contributed by atoms with Gasteiger partial charge in [-0.05, 0) is 102 Å². The molecule has 58 heavy (non-hydrogen) atoms. The van der Waals surface area contributed by atoms with E-state index in [9.17, 15) is 0 Å².